The van der Waals surface area contributed by atoms with Crippen molar-refractivity contribution in [3.63, 3.8) is 0 Å². The van der Waals surface area contributed by atoms with E-state index >= 15 is 0 Å². The first-order valence-corrected chi connectivity index (χ1v) is 8.25. The number of aromatic nitrogens is 2. The molecule has 0 saturated heterocycles. The lowest BCUT2D eigenvalue weighted by Gasteiger charge is -2.13. The number of fused-ring (bicyclic) bond motifs is 1. The van der Waals surface area contributed by atoms with Crippen molar-refractivity contribution in [3.8, 4) is 11.5 Å². The number of anilines is 3. The molecule has 0 aliphatic carbocycles. The highest BCUT2D eigenvalue weighted by Gasteiger charge is 2.09. The molecular formula is C19H22N4O2. The average Bonchev–Trinajstić information content (AvgIpc) is 2.66. The summed E-state index contributed by atoms with van der Waals surface area (Å²) in [5, 5.41) is 7.62. The third kappa shape index (κ3) is 3.74. The SMILES string of the molecule is CCCNc1nc(Nc2ccc(OC)c(OC)c2)nc2ccccc12. The number of rotatable bonds is 7. The molecule has 1 aromatic heterocycles. The zero-order valence-electron chi connectivity index (χ0n) is 14.7. The zero-order valence-corrected chi connectivity index (χ0v) is 14.7. The Bertz CT molecular complexity index is 867. The molecule has 25 heavy (non-hydrogen) atoms. The Morgan fingerprint density at radius 3 is 2.52 bits per heavy atom. The quantitative estimate of drug-likeness (QED) is 0.672. The van der Waals surface area contributed by atoms with Gasteiger partial charge in [-0.2, -0.15) is 4.98 Å². The van der Waals surface area contributed by atoms with Gasteiger partial charge in [0.2, 0.25) is 5.95 Å². The Balaban J connectivity index is 1.95. The second kappa shape index (κ2) is 7.70. The fourth-order valence-electron chi connectivity index (χ4n) is 2.55. The summed E-state index contributed by atoms with van der Waals surface area (Å²) in [5.74, 6) is 2.69. The van der Waals surface area contributed by atoms with E-state index in [0.717, 1.165) is 35.4 Å². The van der Waals surface area contributed by atoms with E-state index in [1.54, 1.807) is 14.2 Å². The smallest absolute Gasteiger partial charge is 0.229 e. The van der Waals surface area contributed by atoms with Crippen molar-refractivity contribution in [2.45, 2.75) is 13.3 Å². The van der Waals surface area contributed by atoms with E-state index in [-0.39, 0.29) is 0 Å². The van der Waals surface area contributed by atoms with Crippen LogP contribution in [0.25, 0.3) is 10.9 Å². The van der Waals surface area contributed by atoms with Gasteiger partial charge in [-0.15, -0.1) is 0 Å². The van der Waals surface area contributed by atoms with Crippen LogP contribution in [0.5, 0.6) is 11.5 Å². The number of methoxy groups -OCH3 is 2. The molecule has 1 heterocycles. The molecule has 0 aliphatic heterocycles. The Labute approximate surface area is 147 Å². The van der Waals surface area contributed by atoms with Gasteiger partial charge in [0, 0.05) is 23.7 Å². The number of nitrogens with zero attached hydrogens (tertiary/aromatic N) is 2. The minimum atomic E-state index is 0.532. The first-order valence-electron chi connectivity index (χ1n) is 8.25. The second-order valence-corrected chi connectivity index (χ2v) is 5.53. The molecule has 0 atom stereocenters. The van der Waals surface area contributed by atoms with E-state index in [0.29, 0.717) is 17.4 Å². The number of nitrogens with one attached hydrogen (secondary N) is 2. The molecule has 2 N–H and O–H groups in total. The maximum Gasteiger partial charge on any atom is 0.229 e. The summed E-state index contributed by atoms with van der Waals surface area (Å²) >= 11 is 0. The number of benzene rings is 2. The molecule has 0 unspecified atom stereocenters. The van der Waals surface area contributed by atoms with Crippen LogP contribution < -0.4 is 20.1 Å². The molecular weight excluding hydrogens is 316 g/mol. The Hall–Kier alpha value is -3.02. The Morgan fingerprint density at radius 1 is 0.960 bits per heavy atom. The molecule has 3 rings (SSSR count). The lowest BCUT2D eigenvalue weighted by atomic mass is 10.2. The van der Waals surface area contributed by atoms with Gasteiger partial charge >= 0.3 is 0 Å². The molecule has 0 amide bonds. The van der Waals surface area contributed by atoms with Crippen LogP contribution in [0.1, 0.15) is 13.3 Å². The Kier molecular flexibility index (Phi) is 5.18. The molecule has 3 aromatic rings. The van der Waals surface area contributed by atoms with Crippen molar-refractivity contribution < 1.29 is 9.47 Å². The number of ether oxygens (including phenoxy) is 2. The first kappa shape index (κ1) is 16.8. The van der Waals surface area contributed by atoms with E-state index in [1.165, 1.54) is 0 Å². The molecule has 6 heteroatoms. The highest BCUT2D eigenvalue weighted by Crippen LogP contribution is 2.31. The maximum atomic E-state index is 5.34. The summed E-state index contributed by atoms with van der Waals surface area (Å²) in [6.07, 6.45) is 1.02. The van der Waals surface area contributed by atoms with Crippen molar-refractivity contribution >= 4 is 28.4 Å². The van der Waals surface area contributed by atoms with Gasteiger partial charge < -0.3 is 20.1 Å². The van der Waals surface area contributed by atoms with Crippen molar-refractivity contribution in [2.75, 3.05) is 31.4 Å². The molecule has 0 radical (unpaired) electrons. The zero-order chi connectivity index (χ0) is 17.6. The topological polar surface area (TPSA) is 68.3 Å². The number of hydrogen-bond donors (Lipinski definition) is 2. The normalized spacial score (nSPS) is 10.5. The van der Waals surface area contributed by atoms with Crippen molar-refractivity contribution in [1.29, 1.82) is 0 Å². The minimum absolute atomic E-state index is 0.532. The average molecular weight is 338 g/mol. The van der Waals surface area contributed by atoms with Gasteiger partial charge in [0.15, 0.2) is 11.5 Å². The van der Waals surface area contributed by atoms with E-state index in [1.807, 2.05) is 42.5 Å². The predicted molar refractivity (Wildman–Crippen MR) is 101 cm³/mol. The fraction of sp³-hybridized carbons (Fsp3) is 0.263. The summed E-state index contributed by atoms with van der Waals surface area (Å²) in [7, 11) is 3.23. The number of para-hydroxylation sites is 1. The largest absolute Gasteiger partial charge is 0.493 e. The van der Waals surface area contributed by atoms with Crippen molar-refractivity contribution in [2.24, 2.45) is 0 Å². The van der Waals surface area contributed by atoms with Crippen LogP contribution in [0.4, 0.5) is 17.5 Å². The first-order chi connectivity index (χ1) is 12.2. The minimum Gasteiger partial charge on any atom is -0.493 e. The molecule has 0 aliphatic rings. The monoisotopic (exact) mass is 338 g/mol. The number of hydrogen-bond acceptors (Lipinski definition) is 6. The third-order valence-electron chi connectivity index (χ3n) is 3.79. The molecule has 6 nitrogen and oxygen atoms in total. The molecule has 0 fully saturated rings. The van der Waals surface area contributed by atoms with Crippen LogP contribution >= 0.6 is 0 Å². The molecule has 2 aromatic carbocycles. The van der Waals surface area contributed by atoms with Gasteiger partial charge in [0.05, 0.1) is 19.7 Å². The van der Waals surface area contributed by atoms with Gasteiger partial charge in [-0.3, -0.25) is 0 Å². The van der Waals surface area contributed by atoms with E-state index in [4.69, 9.17) is 9.47 Å². The standard InChI is InChI=1S/C19H22N4O2/c1-4-11-20-18-14-7-5-6-8-15(14)22-19(23-18)21-13-9-10-16(24-2)17(12-13)25-3/h5-10,12H,4,11H2,1-3H3,(H2,20,21,22,23). The predicted octanol–water partition coefficient (Wildman–Crippen LogP) is 4.21. The van der Waals surface area contributed by atoms with Crippen LogP contribution in [-0.4, -0.2) is 30.7 Å². The third-order valence-corrected chi connectivity index (χ3v) is 3.79. The van der Waals surface area contributed by atoms with Gasteiger partial charge in [-0.05, 0) is 30.7 Å². The van der Waals surface area contributed by atoms with Gasteiger partial charge in [-0.1, -0.05) is 19.1 Å². The maximum absolute atomic E-state index is 5.34. The van der Waals surface area contributed by atoms with E-state index < -0.39 is 0 Å². The lowest BCUT2D eigenvalue weighted by molar-refractivity contribution is 0.355. The van der Waals surface area contributed by atoms with Crippen molar-refractivity contribution in [1.82, 2.24) is 9.97 Å². The summed E-state index contributed by atoms with van der Waals surface area (Å²) in [5.41, 5.74) is 1.72. The van der Waals surface area contributed by atoms with Crippen LogP contribution in [0, 0.1) is 0 Å². The molecule has 0 spiro atoms. The molecule has 130 valence electrons. The van der Waals surface area contributed by atoms with E-state index in [2.05, 4.69) is 27.5 Å². The summed E-state index contributed by atoms with van der Waals surface area (Å²) in [4.78, 5) is 9.23. The molecule has 0 bridgehead atoms. The van der Waals surface area contributed by atoms with Gasteiger partial charge in [0.25, 0.3) is 0 Å². The van der Waals surface area contributed by atoms with Crippen molar-refractivity contribution in [3.05, 3.63) is 42.5 Å². The molecule has 0 saturated carbocycles. The van der Waals surface area contributed by atoms with Crippen LogP contribution in [-0.2, 0) is 0 Å². The summed E-state index contributed by atoms with van der Waals surface area (Å²) in [6, 6.07) is 13.6. The second-order valence-electron chi connectivity index (χ2n) is 5.53. The lowest BCUT2D eigenvalue weighted by Crippen LogP contribution is -2.06. The van der Waals surface area contributed by atoms with E-state index in [9.17, 15) is 0 Å². The summed E-state index contributed by atoms with van der Waals surface area (Å²) < 4.78 is 10.6. The van der Waals surface area contributed by atoms with Crippen LogP contribution in [0.15, 0.2) is 42.5 Å². The highest BCUT2D eigenvalue weighted by molar-refractivity contribution is 5.90. The van der Waals surface area contributed by atoms with Crippen LogP contribution in [0.2, 0.25) is 0 Å². The van der Waals surface area contributed by atoms with Gasteiger partial charge in [0.1, 0.15) is 5.82 Å². The summed E-state index contributed by atoms with van der Waals surface area (Å²) in [6.45, 7) is 2.98. The fourth-order valence-corrected chi connectivity index (χ4v) is 2.55. The van der Waals surface area contributed by atoms with Gasteiger partial charge in [-0.25, -0.2) is 4.98 Å². The Morgan fingerprint density at radius 2 is 1.76 bits per heavy atom. The van der Waals surface area contributed by atoms with Crippen LogP contribution in [0.3, 0.4) is 0 Å². The highest BCUT2D eigenvalue weighted by atomic mass is 16.5.